The van der Waals surface area contributed by atoms with Crippen LogP contribution < -0.4 is 0 Å². The first kappa shape index (κ1) is 13.8. The Kier molecular flexibility index (Phi) is 3.50. The number of amides is 2. The first-order chi connectivity index (χ1) is 10.1. The Morgan fingerprint density at radius 1 is 1.43 bits per heavy atom. The summed E-state index contributed by atoms with van der Waals surface area (Å²) in [7, 11) is 1.62. The quantitative estimate of drug-likeness (QED) is 0.770. The van der Waals surface area contributed by atoms with Gasteiger partial charge < -0.3 is 24.2 Å². The number of ether oxygens (including phenoxy) is 1. The van der Waals surface area contributed by atoms with Crippen LogP contribution in [0.15, 0.2) is 6.33 Å². The number of carbonyl (C=O) groups excluding carboxylic acids is 1. The van der Waals surface area contributed by atoms with Gasteiger partial charge in [-0.3, -0.25) is 4.79 Å². The Bertz CT molecular complexity index is 560. The normalized spacial score (nSPS) is 24.7. The molecule has 1 N–H and O–H groups in total. The van der Waals surface area contributed by atoms with Crippen LogP contribution in [-0.2, 0) is 22.6 Å². The van der Waals surface area contributed by atoms with E-state index in [9.17, 15) is 14.7 Å². The van der Waals surface area contributed by atoms with E-state index >= 15 is 0 Å². The van der Waals surface area contributed by atoms with Crippen molar-refractivity contribution in [3.8, 4) is 0 Å². The van der Waals surface area contributed by atoms with E-state index in [0.717, 1.165) is 5.82 Å². The molecular formula is C12H17N5O4. The van der Waals surface area contributed by atoms with Gasteiger partial charge in [-0.1, -0.05) is 0 Å². The summed E-state index contributed by atoms with van der Waals surface area (Å²) in [5.74, 6) is -0.872. The van der Waals surface area contributed by atoms with Crippen LogP contribution in [0.3, 0.4) is 0 Å². The van der Waals surface area contributed by atoms with E-state index in [2.05, 4.69) is 10.2 Å². The maximum absolute atomic E-state index is 12.5. The van der Waals surface area contributed by atoms with E-state index in [4.69, 9.17) is 4.74 Å². The van der Waals surface area contributed by atoms with Gasteiger partial charge in [-0.2, -0.15) is 0 Å². The summed E-state index contributed by atoms with van der Waals surface area (Å²) in [5, 5.41) is 17.0. The fourth-order valence-electron chi connectivity index (χ4n) is 2.76. The van der Waals surface area contributed by atoms with Crippen molar-refractivity contribution in [1.82, 2.24) is 24.6 Å². The van der Waals surface area contributed by atoms with Crippen LogP contribution in [0, 0.1) is 5.92 Å². The van der Waals surface area contributed by atoms with E-state index in [1.807, 2.05) is 4.57 Å². The average molecular weight is 295 g/mol. The van der Waals surface area contributed by atoms with Gasteiger partial charge >= 0.3 is 12.0 Å². The van der Waals surface area contributed by atoms with Crippen LogP contribution >= 0.6 is 0 Å². The Balaban J connectivity index is 1.69. The Labute approximate surface area is 121 Å². The number of carboxylic acid groups (broad SMARTS) is 1. The van der Waals surface area contributed by atoms with Gasteiger partial charge in [0.15, 0.2) is 5.82 Å². The highest BCUT2D eigenvalue weighted by molar-refractivity contribution is 5.77. The summed E-state index contributed by atoms with van der Waals surface area (Å²) < 4.78 is 7.12. The molecule has 114 valence electrons. The molecule has 0 spiro atoms. The highest BCUT2D eigenvalue weighted by Gasteiger charge is 2.40. The second kappa shape index (κ2) is 5.32. The number of aliphatic carboxylic acids is 1. The van der Waals surface area contributed by atoms with Gasteiger partial charge in [0.25, 0.3) is 0 Å². The Hall–Kier alpha value is -2.16. The number of urea groups is 1. The molecule has 0 saturated carbocycles. The molecule has 0 aliphatic carbocycles. The van der Waals surface area contributed by atoms with Crippen molar-refractivity contribution < 1.29 is 19.4 Å². The summed E-state index contributed by atoms with van der Waals surface area (Å²) in [6.07, 6.45) is 1.64. The molecule has 0 aromatic carbocycles. The van der Waals surface area contributed by atoms with Crippen molar-refractivity contribution in [1.29, 1.82) is 0 Å². The predicted molar refractivity (Wildman–Crippen MR) is 69.3 cm³/mol. The molecule has 2 atom stereocenters. The third-order valence-corrected chi connectivity index (χ3v) is 4.08. The van der Waals surface area contributed by atoms with Crippen molar-refractivity contribution >= 4 is 12.0 Å². The number of hydrogen-bond donors (Lipinski definition) is 1. The van der Waals surface area contributed by atoms with Crippen LogP contribution in [0.25, 0.3) is 0 Å². The SMILES string of the molecule is CN(C(=O)N1CCn2cnnc2C1)C1COCC1C(=O)O. The van der Waals surface area contributed by atoms with Crippen molar-refractivity contribution in [3.63, 3.8) is 0 Å². The zero-order valence-electron chi connectivity index (χ0n) is 11.7. The lowest BCUT2D eigenvalue weighted by Crippen LogP contribution is -2.51. The highest BCUT2D eigenvalue weighted by Crippen LogP contribution is 2.21. The fourth-order valence-corrected chi connectivity index (χ4v) is 2.76. The summed E-state index contributed by atoms with van der Waals surface area (Å²) in [5.41, 5.74) is 0. The summed E-state index contributed by atoms with van der Waals surface area (Å²) in [4.78, 5) is 26.8. The number of hydrogen-bond acceptors (Lipinski definition) is 5. The number of likely N-dealkylation sites (N-methyl/N-ethyl adjacent to an activating group) is 1. The number of carboxylic acids is 1. The topological polar surface area (TPSA) is 101 Å². The van der Waals surface area contributed by atoms with Gasteiger partial charge in [-0.15, -0.1) is 10.2 Å². The van der Waals surface area contributed by atoms with Crippen LogP contribution in [-0.4, -0.2) is 74.5 Å². The highest BCUT2D eigenvalue weighted by atomic mass is 16.5. The minimum absolute atomic E-state index is 0.145. The minimum atomic E-state index is -0.935. The summed E-state index contributed by atoms with van der Waals surface area (Å²) >= 11 is 0. The smallest absolute Gasteiger partial charge is 0.320 e. The molecule has 2 aliphatic rings. The third-order valence-electron chi connectivity index (χ3n) is 4.08. The zero-order valence-corrected chi connectivity index (χ0v) is 11.7. The minimum Gasteiger partial charge on any atom is -0.481 e. The molecule has 3 heterocycles. The average Bonchev–Trinajstić information content (AvgIpc) is 3.13. The van der Waals surface area contributed by atoms with Gasteiger partial charge in [0.1, 0.15) is 12.2 Å². The van der Waals surface area contributed by atoms with E-state index in [1.54, 1.807) is 18.3 Å². The second-order valence-electron chi connectivity index (χ2n) is 5.31. The molecule has 1 saturated heterocycles. The molecule has 9 heteroatoms. The molecule has 2 amide bonds. The number of nitrogens with zero attached hydrogens (tertiary/aromatic N) is 5. The van der Waals surface area contributed by atoms with Gasteiger partial charge in [0, 0.05) is 20.1 Å². The van der Waals surface area contributed by atoms with E-state index < -0.39 is 17.9 Å². The Morgan fingerprint density at radius 3 is 3.00 bits per heavy atom. The van der Waals surface area contributed by atoms with Crippen molar-refractivity contribution in [2.24, 2.45) is 5.92 Å². The lowest BCUT2D eigenvalue weighted by Gasteiger charge is -2.34. The molecule has 2 aliphatic heterocycles. The molecule has 1 aromatic rings. The maximum atomic E-state index is 12.5. The lowest BCUT2D eigenvalue weighted by molar-refractivity contribution is -0.142. The van der Waals surface area contributed by atoms with E-state index in [0.29, 0.717) is 19.6 Å². The Morgan fingerprint density at radius 2 is 2.24 bits per heavy atom. The van der Waals surface area contributed by atoms with Crippen molar-refractivity contribution in [3.05, 3.63) is 12.2 Å². The first-order valence-electron chi connectivity index (χ1n) is 6.77. The first-order valence-corrected chi connectivity index (χ1v) is 6.77. The standard InChI is InChI=1S/C12H17N5O4/c1-15(9-6-21-5-8(9)11(18)19)12(20)16-2-3-17-7-13-14-10(17)4-16/h7-9H,2-6H2,1H3,(H,18,19). The zero-order chi connectivity index (χ0) is 15.0. The molecule has 21 heavy (non-hydrogen) atoms. The largest absolute Gasteiger partial charge is 0.481 e. The van der Waals surface area contributed by atoms with Crippen molar-refractivity contribution in [2.45, 2.75) is 19.1 Å². The van der Waals surface area contributed by atoms with Crippen LogP contribution in [0.2, 0.25) is 0 Å². The number of aromatic nitrogens is 3. The van der Waals surface area contributed by atoms with E-state index in [-0.39, 0.29) is 19.2 Å². The van der Waals surface area contributed by atoms with Crippen molar-refractivity contribution in [2.75, 3.05) is 26.8 Å². The van der Waals surface area contributed by atoms with Gasteiger partial charge in [-0.25, -0.2) is 4.79 Å². The lowest BCUT2D eigenvalue weighted by atomic mass is 10.0. The number of carbonyl (C=O) groups is 2. The molecule has 1 fully saturated rings. The monoisotopic (exact) mass is 295 g/mol. The van der Waals surface area contributed by atoms with Gasteiger partial charge in [0.2, 0.25) is 0 Å². The fraction of sp³-hybridized carbons (Fsp3) is 0.667. The van der Waals surface area contributed by atoms with E-state index in [1.165, 1.54) is 4.90 Å². The molecule has 0 bridgehead atoms. The summed E-state index contributed by atoms with van der Waals surface area (Å²) in [6, 6.07) is -0.638. The van der Waals surface area contributed by atoms with Crippen LogP contribution in [0.1, 0.15) is 5.82 Å². The molecular weight excluding hydrogens is 278 g/mol. The molecule has 0 radical (unpaired) electrons. The molecule has 3 rings (SSSR count). The van der Waals surface area contributed by atoms with Gasteiger partial charge in [0.05, 0.1) is 25.8 Å². The number of fused-ring (bicyclic) bond motifs is 1. The number of rotatable bonds is 2. The molecule has 9 nitrogen and oxygen atoms in total. The maximum Gasteiger partial charge on any atom is 0.320 e. The second-order valence-corrected chi connectivity index (χ2v) is 5.31. The third kappa shape index (κ3) is 2.44. The predicted octanol–water partition coefficient (Wildman–Crippen LogP) is -0.755. The molecule has 1 aromatic heterocycles. The van der Waals surface area contributed by atoms with Gasteiger partial charge in [-0.05, 0) is 0 Å². The van der Waals surface area contributed by atoms with Crippen LogP contribution in [0.4, 0.5) is 4.79 Å². The summed E-state index contributed by atoms with van der Waals surface area (Å²) in [6.45, 7) is 1.98. The van der Waals surface area contributed by atoms with Crippen LogP contribution in [0.5, 0.6) is 0 Å². The molecule has 2 unspecified atom stereocenters.